The number of benzene rings is 1. The highest BCUT2D eigenvalue weighted by Crippen LogP contribution is 2.25. The first-order valence-corrected chi connectivity index (χ1v) is 5.60. The van der Waals surface area contributed by atoms with Crippen molar-refractivity contribution in [2.75, 3.05) is 0 Å². The third kappa shape index (κ3) is 2.79. The quantitative estimate of drug-likeness (QED) is 0.789. The zero-order valence-corrected chi connectivity index (χ0v) is 10.4. The van der Waals surface area contributed by atoms with Crippen molar-refractivity contribution in [3.05, 3.63) is 45.4 Å². The van der Waals surface area contributed by atoms with Crippen LogP contribution in [0.5, 0.6) is 11.6 Å². The van der Waals surface area contributed by atoms with E-state index in [0.717, 1.165) is 3.57 Å². The van der Waals surface area contributed by atoms with Crippen LogP contribution in [-0.2, 0) is 0 Å². The predicted molar refractivity (Wildman–Crippen MR) is 66.3 cm³/mol. The SMILES string of the molecule is Clc1cccc(Oc2ncncc2I)c1. The van der Waals surface area contributed by atoms with E-state index in [1.165, 1.54) is 6.33 Å². The highest BCUT2D eigenvalue weighted by atomic mass is 127. The molecule has 0 spiro atoms. The van der Waals surface area contributed by atoms with Crippen molar-refractivity contribution in [2.24, 2.45) is 0 Å². The van der Waals surface area contributed by atoms with Crippen LogP contribution in [0, 0.1) is 3.57 Å². The molecule has 0 fully saturated rings. The Morgan fingerprint density at radius 2 is 2.20 bits per heavy atom. The zero-order valence-electron chi connectivity index (χ0n) is 7.52. The molecule has 0 atom stereocenters. The number of hydrogen-bond acceptors (Lipinski definition) is 3. The number of hydrogen-bond donors (Lipinski definition) is 0. The van der Waals surface area contributed by atoms with Crippen LogP contribution in [0.2, 0.25) is 5.02 Å². The summed E-state index contributed by atoms with van der Waals surface area (Å²) in [4.78, 5) is 7.90. The number of halogens is 2. The number of ether oxygens (including phenoxy) is 1. The Hall–Kier alpha value is -0.880. The fourth-order valence-electron chi connectivity index (χ4n) is 1.02. The normalized spacial score (nSPS) is 10.0. The van der Waals surface area contributed by atoms with Crippen molar-refractivity contribution >= 4 is 34.2 Å². The van der Waals surface area contributed by atoms with E-state index in [9.17, 15) is 0 Å². The van der Waals surface area contributed by atoms with Gasteiger partial charge in [0.05, 0.1) is 3.57 Å². The Morgan fingerprint density at radius 1 is 1.33 bits per heavy atom. The van der Waals surface area contributed by atoms with E-state index in [-0.39, 0.29) is 0 Å². The van der Waals surface area contributed by atoms with E-state index in [4.69, 9.17) is 16.3 Å². The van der Waals surface area contributed by atoms with Crippen molar-refractivity contribution < 1.29 is 4.74 Å². The first-order valence-electron chi connectivity index (χ1n) is 4.14. The lowest BCUT2D eigenvalue weighted by atomic mass is 10.3. The first-order chi connectivity index (χ1) is 7.25. The van der Waals surface area contributed by atoms with E-state index < -0.39 is 0 Å². The maximum atomic E-state index is 5.84. The highest BCUT2D eigenvalue weighted by molar-refractivity contribution is 14.1. The lowest BCUT2D eigenvalue weighted by Gasteiger charge is -2.05. The Balaban J connectivity index is 2.26. The Labute approximate surface area is 106 Å². The molecule has 0 bridgehead atoms. The van der Waals surface area contributed by atoms with Gasteiger partial charge in [0.25, 0.3) is 0 Å². The van der Waals surface area contributed by atoms with Crippen LogP contribution in [0.4, 0.5) is 0 Å². The lowest BCUT2D eigenvalue weighted by Crippen LogP contribution is -1.91. The van der Waals surface area contributed by atoms with Gasteiger partial charge in [0, 0.05) is 11.2 Å². The average Bonchev–Trinajstić information content (AvgIpc) is 2.22. The largest absolute Gasteiger partial charge is 0.438 e. The molecule has 0 unspecified atom stereocenters. The molecule has 1 heterocycles. The van der Waals surface area contributed by atoms with Gasteiger partial charge in [0.2, 0.25) is 5.88 Å². The fourth-order valence-corrected chi connectivity index (χ4v) is 1.61. The van der Waals surface area contributed by atoms with Crippen molar-refractivity contribution in [2.45, 2.75) is 0 Å². The average molecular weight is 333 g/mol. The van der Waals surface area contributed by atoms with E-state index in [1.54, 1.807) is 18.3 Å². The van der Waals surface area contributed by atoms with Gasteiger partial charge >= 0.3 is 0 Å². The summed E-state index contributed by atoms with van der Waals surface area (Å²) in [7, 11) is 0. The van der Waals surface area contributed by atoms with E-state index >= 15 is 0 Å². The summed E-state index contributed by atoms with van der Waals surface area (Å²) < 4.78 is 6.40. The van der Waals surface area contributed by atoms with Crippen LogP contribution in [-0.4, -0.2) is 9.97 Å². The van der Waals surface area contributed by atoms with Crippen molar-refractivity contribution in [3.8, 4) is 11.6 Å². The summed E-state index contributed by atoms with van der Waals surface area (Å²) in [6.07, 6.45) is 3.13. The third-order valence-electron chi connectivity index (χ3n) is 1.64. The summed E-state index contributed by atoms with van der Waals surface area (Å²) in [6, 6.07) is 7.18. The minimum atomic E-state index is 0.535. The minimum absolute atomic E-state index is 0.535. The monoisotopic (exact) mass is 332 g/mol. The Morgan fingerprint density at radius 3 is 2.93 bits per heavy atom. The maximum Gasteiger partial charge on any atom is 0.235 e. The van der Waals surface area contributed by atoms with Gasteiger partial charge in [-0.05, 0) is 40.8 Å². The molecular weight excluding hydrogens is 326 g/mol. The molecular formula is C10H6ClIN2O. The van der Waals surface area contributed by atoms with Crippen LogP contribution in [0.1, 0.15) is 0 Å². The third-order valence-corrected chi connectivity index (χ3v) is 2.62. The molecule has 0 aliphatic rings. The molecule has 1 aromatic carbocycles. The van der Waals surface area contributed by atoms with Gasteiger partial charge < -0.3 is 4.74 Å². The fraction of sp³-hybridized carbons (Fsp3) is 0. The van der Waals surface area contributed by atoms with Crippen LogP contribution in [0.3, 0.4) is 0 Å². The maximum absolute atomic E-state index is 5.84. The molecule has 0 radical (unpaired) electrons. The molecule has 0 N–H and O–H groups in total. The summed E-state index contributed by atoms with van der Waals surface area (Å²) in [6.45, 7) is 0. The van der Waals surface area contributed by atoms with Gasteiger partial charge in [0.15, 0.2) is 0 Å². The van der Waals surface area contributed by atoms with Crippen LogP contribution < -0.4 is 4.74 Å². The predicted octanol–water partition coefficient (Wildman–Crippen LogP) is 3.53. The van der Waals surface area contributed by atoms with Crippen LogP contribution in [0.15, 0.2) is 36.8 Å². The van der Waals surface area contributed by atoms with E-state index in [1.807, 2.05) is 12.1 Å². The van der Waals surface area contributed by atoms with Gasteiger partial charge in [-0.3, -0.25) is 0 Å². The van der Waals surface area contributed by atoms with Crippen molar-refractivity contribution in [3.63, 3.8) is 0 Å². The second-order valence-electron chi connectivity index (χ2n) is 2.74. The van der Waals surface area contributed by atoms with Gasteiger partial charge in [0.1, 0.15) is 12.1 Å². The standard InChI is InChI=1S/C10H6ClIN2O/c11-7-2-1-3-8(4-7)15-10-9(12)5-13-6-14-10/h1-6H. The molecule has 0 saturated carbocycles. The zero-order chi connectivity index (χ0) is 10.7. The number of rotatable bonds is 2. The molecule has 0 saturated heterocycles. The molecule has 1 aromatic heterocycles. The van der Waals surface area contributed by atoms with Gasteiger partial charge in [-0.2, -0.15) is 0 Å². The molecule has 0 amide bonds. The molecule has 0 aliphatic carbocycles. The molecule has 76 valence electrons. The van der Waals surface area contributed by atoms with E-state index in [2.05, 4.69) is 32.6 Å². The Bertz CT molecular complexity index is 478. The second kappa shape index (κ2) is 4.76. The van der Waals surface area contributed by atoms with Crippen LogP contribution >= 0.6 is 34.2 Å². The first kappa shape index (κ1) is 10.6. The summed E-state index contributed by atoms with van der Waals surface area (Å²) in [5.74, 6) is 1.20. The molecule has 15 heavy (non-hydrogen) atoms. The summed E-state index contributed by atoms with van der Waals surface area (Å²) in [5, 5.41) is 0.636. The lowest BCUT2D eigenvalue weighted by molar-refractivity contribution is 0.457. The minimum Gasteiger partial charge on any atom is -0.438 e. The van der Waals surface area contributed by atoms with Gasteiger partial charge in [-0.15, -0.1) is 0 Å². The van der Waals surface area contributed by atoms with E-state index in [0.29, 0.717) is 16.7 Å². The molecule has 2 aromatic rings. The van der Waals surface area contributed by atoms with Gasteiger partial charge in [-0.1, -0.05) is 17.7 Å². The smallest absolute Gasteiger partial charge is 0.235 e. The number of nitrogens with zero attached hydrogens (tertiary/aromatic N) is 2. The summed E-state index contributed by atoms with van der Waals surface area (Å²) in [5.41, 5.74) is 0. The van der Waals surface area contributed by atoms with Gasteiger partial charge in [-0.25, -0.2) is 9.97 Å². The Kier molecular flexibility index (Phi) is 3.37. The topological polar surface area (TPSA) is 35.0 Å². The highest BCUT2D eigenvalue weighted by Gasteiger charge is 2.03. The van der Waals surface area contributed by atoms with Crippen molar-refractivity contribution in [1.82, 2.24) is 9.97 Å². The molecule has 5 heteroatoms. The molecule has 3 nitrogen and oxygen atoms in total. The molecule has 0 aliphatic heterocycles. The summed E-state index contributed by atoms with van der Waals surface area (Å²) >= 11 is 7.95. The van der Waals surface area contributed by atoms with Crippen molar-refractivity contribution in [1.29, 1.82) is 0 Å². The van der Waals surface area contributed by atoms with Crippen LogP contribution in [0.25, 0.3) is 0 Å². The number of aromatic nitrogens is 2. The molecule has 2 rings (SSSR count). The second-order valence-corrected chi connectivity index (χ2v) is 4.33.